The predicted molar refractivity (Wildman–Crippen MR) is 134 cm³/mol. The molecule has 0 bridgehead atoms. The Morgan fingerprint density at radius 1 is 0.973 bits per heavy atom. The summed E-state index contributed by atoms with van der Waals surface area (Å²) in [7, 11) is 0. The van der Waals surface area contributed by atoms with Crippen LogP contribution in [0.4, 0.5) is 29.3 Å². The lowest BCUT2D eigenvalue weighted by Crippen LogP contribution is -2.35. The van der Waals surface area contributed by atoms with Crippen LogP contribution in [0.3, 0.4) is 0 Å². The average molecular weight is 513 g/mol. The number of nitrogens with one attached hydrogen (secondary N) is 2. The van der Waals surface area contributed by atoms with Gasteiger partial charge in [-0.1, -0.05) is 43.3 Å². The standard InChI is InChI=1S/C28H27F3N2O4/c1-2-27(16-24(34)35)13-12-19-14-18(8-11-23(19)25(27)36)17-6-9-21(10-7-17)32-26(37)33-22-5-3-4-20(15-22)28(29,30)31/h3-11,14-15,25,36H,2,12-13,16H2,1H3,(H,34,35)(H2,32,33,37)/t25?,27-/m1/s1. The van der Waals surface area contributed by atoms with E-state index in [0.29, 0.717) is 24.9 Å². The van der Waals surface area contributed by atoms with Crippen molar-refractivity contribution in [3.05, 3.63) is 83.4 Å². The zero-order chi connectivity index (χ0) is 26.8. The quantitative estimate of drug-likeness (QED) is 0.290. The molecular formula is C28H27F3N2O4. The number of aliphatic carboxylic acids is 1. The second-order valence-corrected chi connectivity index (χ2v) is 9.34. The van der Waals surface area contributed by atoms with Gasteiger partial charge in [0.1, 0.15) is 0 Å². The summed E-state index contributed by atoms with van der Waals surface area (Å²) in [5.74, 6) is -0.918. The lowest BCUT2D eigenvalue weighted by molar-refractivity contribution is -0.143. The summed E-state index contributed by atoms with van der Waals surface area (Å²) in [6.07, 6.45) is -3.63. The molecule has 4 rings (SSSR count). The van der Waals surface area contributed by atoms with E-state index in [0.717, 1.165) is 34.4 Å². The summed E-state index contributed by atoms with van der Waals surface area (Å²) in [4.78, 5) is 23.7. The number of hydrogen-bond donors (Lipinski definition) is 4. The minimum Gasteiger partial charge on any atom is -0.481 e. The van der Waals surface area contributed by atoms with Gasteiger partial charge in [0, 0.05) is 16.8 Å². The van der Waals surface area contributed by atoms with Gasteiger partial charge in [-0.2, -0.15) is 13.2 Å². The molecule has 0 aromatic heterocycles. The third-order valence-corrected chi connectivity index (χ3v) is 7.04. The summed E-state index contributed by atoms with van der Waals surface area (Å²) >= 11 is 0. The fourth-order valence-corrected chi connectivity index (χ4v) is 4.91. The number of carboxylic acid groups (broad SMARTS) is 1. The molecule has 37 heavy (non-hydrogen) atoms. The summed E-state index contributed by atoms with van der Waals surface area (Å²) in [6, 6.07) is 16.4. The molecule has 0 radical (unpaired) electrons. The number of benzene rings is 3. The molecule has 194 valence electrons. The third kappa shape index (κ3) is 5.77. The van der Waals surface area contributed by atoms with Crippen molar-refractivity contribution in [1.29, 1.82) is 0 Å². The summed E-state index contributed by atoms with van der Waals surface area (Å²) in [6.45, 7) is 1.90. The van der Waals surface area contributed by atoms with Gasteiger partial charge < -0.3 is 20.8 Å². The van der Waals surface area contributed by atoms with Crippen molar-refractivity contribution >= 4 is 23.4 Å². The van der Waals surface area contributed by atoms with Gasteiger partial charge in [0.25, 0.3) is 0 Å². The zero-order valence-electron chi connectivity index (χ0n) is 20.1. The Labute approximate surface area is 212 Å². The first kappa shape index (κ1) is 26.2. The van der Waals surface area contributed by atoms with Crippen LogP contribution >= 0.6 is 0 Å². The molecule has 1 unspecified atom stereocenters. The highest BCUT2D eigenvalue weighted by molar-refractivity contribution is 5.99. The molecule has 9 heteroatoms. The minimum atomic E-state index is -4.50. The largest absolute Gasteiger partial charge is 0.481 e. The maximum Gasteiger partial charge on any atom is 0.416 e. The van der Waals surface area contributed by atoms with Gasteiger partial charge in [-0.3, -0.25) is 4.79 Å². The molecule has 1 aliphatic rings. The van der Waals surface area contributed by atoms with E-state index in [4.69, 9.17) is 0 Å². The van der Waals surface area contributed by atoms with Gasteiger partial charge in [0.05, 0.1) is 18.1 Å². The summed E-state index contributed by atoms with van der Waals surface area (Å²) < 4.78 is 38.6. The minimum absolute atomic E-state index is 0.0237. The Morgan fingerprint density at radius 2 is 1.65 bits per heavy atom. The fourth-order valence-electron chi connectivity index (χ4n) is 4.91. The number of carboxylic acids is 1. The highest BCUT2D eigenvalue weighted by Crippen LogP contribution is 2.49. The van der Waals surface area contributed by atoms with E-state index >= 15 is 0 Å². The van der Waals surface area contributed by atoms with Crippen molar-refractivity contribution < 1.29 is 33.0 Å². The van der Waals surface area contributed by atoms with Crippen molar-refractivity contribution in [2.75, 3.05) is 10.6 Å². The maximum atomic E-state index is 12.9. The number of carbonyl (C=O) groups is 2. The smallest absolute Gasteiger partial charge is 0.416 e. The van der Waals surface area contributed by atoms with Crippen LogP contribution in [0.1, 0.15) is 49.0 Å². The lowest BCUT2D eigenvalue weighted by Gasteiger charge is -2.41. The predicted octanol–water partition coefficient (Wildman–Crippen LogP) is 6.87. The van der Waals surface area contributed by atoms with Crippen LogP contribution in [0.2, 0.25) is 0 Å². The molecule has 6 nitrogen and oxygen atoms in total. The van der Waals surface area contributed by atoms with Gasteiger partial charge in [0.15, 0.2) is 0 Å². The van der Waals surface area contributed by atoms with Crippen LogP contribution < -0.4 is 10.6 Å². The van der Waals surface area contributed by atoms with E-state index in [1.807, 2.05) is 37.3 Å². The molecule has 4 N–H and O–H groups in total. The van der Waals surface area contributed by atoms with Gasteiger partial charge >= 0.3 is 18.2 Å². The number of rotatable bonds is 6. The first-order valence-electron chi connectivity index (χ1n) is 11.9. The van der Waals surface area contributed by atoms with Crippen LogP contribution in [0, 0.1) is 5.41 Å². The van der Waals surface area contributed by atoms with Gasteiger partial charge in [0.2, 0.25) is 0 Å². The molecular weight excluding hydrogens is 485 g/mol. The Morgan fingerprint density at radius 3 is 2.30 bits per heavy atom. The van der Waals surface area contributed by atoms with Crippen LogP contribution in [-0.2, 0) is 17.4 Å². The van der Waals surface area contributed by atoms with E-state index in [1.54, 1.807) is 12.1 Å². The number of aliphatic hydroxyl groups excluding tert-OH is 1. The van der Waals surface area contributed by atoms with E-state index < -0.39 is 35.3 Å². The first-order valence-corrected chi connectivity index (χ1v) is 11.9. The normalized spacial score (nSPS) is 19.1. The maximum absolute atomic E-state index is 12.9. The molecule has 0 saturated carbocycles. The zero-order valence-corrected chi connectivity index (χ0v) is 20.1. The van der Waals surface area contributed by atoms with Gasteiger partial charge in [-0.05, 0) is 71.8 Å². The van der Waals surface area contributed by atoms with E-state index in [1.165, 1.54) is 12.1 Å². The van der Waals surface area contributed by atoms with E-state index in [-0.39, 0.29) is 12.1 Å². The SMILES string of the molecule is CC[C@]1(CC(=O)O)CCc2cc(-c3ccc(NC(=O)Nc4cccc(C(F)(F)F)c4)cc3)ccc2C1O. The second kappa shape index (κ2) is 10.3. The topological polar surface area (TPSA) is 98.7 Å². The van der Waals surface area contributed by atoms with E-state index in [9.17, 15) is 33.0 Å². The number of amides is 2. The van der Waals surface area contributed by atoms with Crippen LogP contribution in [0.5, 0.6) is 0 Å². The highest BCUT2D eigenvalue weighted by atomic mass is 19.4. The number of aliphatic hydroxyl groups is 1. The number of carbonyl (C=O) groups excluding carboxylic acids is 1. The van der Waals surface area contributed by atoms with Crippen LogP contribution in [0.25, 0.3) is 11.1 Å². The van der Waals surface area contributed by atoms with Crippen molar-refractivity contribution in [3.63, 3.8) is 0 Å². The molecule has 0 spiro atoms. The number of alkyl halides is 3. The van der Waals surface area contributed by atoms with Crippen molar-refractivity contribution in [3.8, 4) is 11.1 Å². The summed E-state index contributed by atoms with van der Waals surface area (Å²) in [5.41, 5.74) is 2.47. The number of fused-ring (bicyclic) bond motifs is 1. The third-order valence-electron chi connectivity index (χ3n) is 7.04. The first-order chi connectivity index (χ1) is 17.5. The fraction of sp³-hybridized carbons (Fsp3) is 0.286. The Kier molecular flexibility index (Phi) is 7.27. The number of hydrogen-bond acceptors (Lipinski definition) is 3. The molecule has 3 aromatic rings. The van der Waals surface area contributed by atoms with E-state index in [2.05, 4.69) is 10.6 Å². The number of anilines is 2. The number of urea groups is 1. The molecule has 3 aromatic carbocycles. The molecule has 0 saturated heterocycles. The van der Waals surface area contributed by atoms with Crippen LogP contribution in [0.15, 0.2) is 66.7 Å². The Bertz CT molecular complexity index is 1310. The number of aryl methyl sites for hydroxylation is 1. The summed E-state index contributed by atoms with van der Waals surface area (Å²) in [5, 5.41) is 25.3. The Balaban J connectivity index is 1.44. The van der Waals surface area contributed by atoms with Crippen molar-refractivity contribution in [2.24, 2.45) is 5.41 Å². The van der Waals surface area contributed by atoms with Gasteiger partial charge in [-0.25, -0.2) is 4.79 Å². The van der Waals surface area contributed by atoms with Gasteiger partial charge in [-0.15, -0.1) is 0 Å². The number of halogens is 3. The average Bonchev–Trinajstić information content (AvgIpc) is 2.85. The molecule has 0 fully saturated rings. The van der Waals surface area contributed by atoms with Crippen molar-refractivity contribution in [2.45, 2.75) is 44.9 Å². The molecule has 0 aliphatic heterocycles. The van der Waals surface area contributed by atoms with Crippen LogP contribution in [-0.4, -0.2) is 22.2 Å². The highest BCUT2D eigenvalue weighted by Gasteiger charge is 2.42. The van der Waals surface area contributed by atoms with Crippen molar-refractivity contribution in [1.82, 2.24) is 0 Å². The molecule has 1 aliphatic carbocycles. The monoisotopic (exact) mass is 512 g/mol. The Hall–Kier alpha value is -3.85. The second-order valence-electron chi connectivity index (χ2n) is 9.34. The molecule has 0 heterocycles. The molecule has 2 amide bonds. The molecule has 2 atom stereocenters. The lowest BCUT2D eigenvalue weighted by atomic mass is 9.65.